The van der Waals surface area contributed by atoms with Crippen LogP contribution in [0.5, 0.6) is 0 Å². The van der Waals surface area contributed by atoms with E-state index in [1.165, 1.54) is 0 Å². The van der Waals surface area contributed by atoms with Crippen molar-refractivity contribution in [1.82, 2.24) is 15.0 Å². The lowest BCUT2D eigenvalue weighted by molar-refractivity contribution is 0.268. The van der Waals surface area contributed by atoms with E-state index in [0.29, 0.717) is 19.0 Å². The van der Waals surface area contributed by atoms with E-state index in [1.807, 2.05) is 36.2 Å². The molecule has 0 fully saturated rings. The molecule has 1 aromatic heterocycles. The van der Waals surface area contributed by atoms with Crippen LogP contribution < -0.4 is 10.6 Å². The molecule has 0 spiro atoms. The van der Waals surface area contributed by atoms with Gasteiger partial charge in [0.1, 0.15) is 11.7 Å². The quantitative estimate of drug-likeness (QED) is 0.851. The van der Waals surface area contributed by atoms with Crippen molar-refractivity contribution >= 4 is 11.6 Å². The molecule has 0 saturated heterocycles. The molecule has 0 aliphatic carbocycles. The number of aryl methyl sites for hydroxylation is 1. The van der Waals surface area contributed by atoms with Crippen LogP contribution in [0.15, 0.2) is 35.5 Å². The van der Waals surface area contributed by atoms with Crippen LogP contribution in [-0.4, -0.2) is 39.2 Å². The van der Waals surface area contributed by atoms with Gasteiger partial charge in [-0.25, -0.2) is 4.68 Å². The molecule has 3 N–H and O–H groups in total. The van der Waals surface area contributed by atoms with Gasteiger partial charge in [0.2, 0.25) is 0 Å². The van der Waals surface area contributed by atoms with Crippen molar-refractivity contribution in [1.29, 1.82) is 0 Å². The summed E-state index contributed by atoms with van der Waals surface area (Å²) in [6, 6.07) is 8.05. The van der Waals surface area contributed by atoms with E-state index in [-0.39, 0.29) is 12.6 Å². The van der Waals surface area contributed by atoms with E-state index in [4.69, 9.17) is 10.8 Å². The van der Waals surface area contributed by atoms with Crippen molar-refractivity contribution in [2.75, 3.05) is 18.1 Å². The Morgan fingerprint density at radius 3 is 3.05 bits per heavy atom. The first-order valence-electron chi connectivity index (χ1n) is 6.86. The standard InChI is InChI=1S/C14H18N6O/c1-10-3-2-4-11(7-10)20-13(8-16-14(20)15)12-9-19(5-6-21)18-17-12/h2-4,7,9,13,21H,5-6,8H2,1H3,(H2,15,16). The summed E-state index contributed by atoms with van der Waals surface area (Å²) in [5.74, 6) is 0.488. The van der Waals surface area contributed by atoms with E-state index >= 15 is 0 Å². The predicted octanol–water partition coefficient (Wildman–Crippen LogP) is 0.455. The second kappa shape index (κ2) is 5.53. The summed E-state index contributed by atoms with van der Waals surface area (Å²) < 4.78 is 1.62. The zero-order valence-electron chi connectivity index (χ0n) is 11.8. The first-order chi connectivity index (χ1) is 10.2. The zero-order valence-corrected chi connectivity index (χ0v) is 11.8. The topological polar surface area (TPSA) is 92.6 Å². The number of hydrogen-bond donors (Lipinski definition) is 2. The molecule has 2 heterocycles. The third-order valence-corrected chi connectivity index (χ3v) is 3.49. The molecule has 1 aromatic carbocycles. The van der Waals surface area contributed by atoms with Gasteiger partial charge in [0, 0.05) is 5.69 Å². The molecule has 7 heteroatoms. The number of benzene rings is 1. The minimum atomic E-state index is -0.0563. The van der Waals surface area contributed by atoms with Gasteiger partial charge in [-0.1, -0.05) is 17.3 Å². The van der Waals surface area contributed by atoms with E-state index in [1.54, 1.807) is 4.68 Å². The predicted molar refractivity (Wildman–Crippen MR) is 80.0 cm³/mol. The molecule has 7 nitrogen and oxygen atoms in total. The fourth-order valence-electron chi connectivity index (χ4n) is 2.49. The SMILES string of the molecule is Cc1cccc(N2C(N)=NCC2c2cn(CCO)nn2)c1. The highest BCUT2D eigenvalue weighted by molar-refractivity contribution is 5.97. The van der Waals surface area contributed by atoms with Crippen LogP contribution in [0.1, 0.15) is 17.3 Å². The summed E-state index contributed by atoms with van der Waals surface area (Å²) in [6.45, 7) is 3.06. The van der Waals surface area contributed by atoms with Gasteiger partial charge in [-0.05, 0) is 24.6 Å². The Morgan fingerprint density at radius 1 is 1.43 bits per heavy atom. The molecule has 1 atom stereocenters. The normalized spacial score (nSPS) is 18.1. The molecular weight excluding hydrogens is 268 g/mol. The summed E-state index contributed by atoms with van der Waals surface area (Å²) in [7, 11) is 0. The molecule has 110 valence electrons. The van der Waals surface area contributed by atoms with Gasteiger partial charge in [0.25, 0.3) is 0 Å². The average molecular weight is 286 g/mol. The Kier molecular flexibility index (Phi) is 3.57. The van der Waals surface area contributed by atoms with Crippen molar-refractivity contribution in [2.45, 2.75) is 19.5 Å². The van der Waals surface area contributed by atoms with Crippen LogP contribution in [0.25, 0.3) is 0 Å². The molecule has 3 rings (SSSR count). The highest BCUT2D eigenvalue weighted by Crippen LogP contribution is 2.30. The van der Waals surface area contributed by atoms with Crippen LogP contribution in [0.3, 0.4) is 0 Å². The molecule has 0 bridgehead atoms. The van der Waals surface area contributed by atoms with Gasteiger partial charge >= 0.3 is 0 Å². The fourth-order valence-corrected chi connectivity index (χ4v) is 2.49. The third kappa shape index (κ3) is 2.59. The number of anilines is 1. The maximum absolute atomic E-state index is 8.96. The fraction of sp³-hybridized carbons (Fsp3) is 0.357. The van der Waals surface area contributed by atoms with E-state index in [2.05, 4.69) is 21.4 Å². The number of nitrogens with two attached hydrogens (primary N) is 1. The Morgan fingerprint density at radius 2 is 2.29 bits per heavy atom. The van der Waals surface area contributed by atoms with E-state index in [9.17, 15) is 0 Å². The van der Waals surface area contributed by atoms with Crippen molar-refractivity contribution < 1.29 is 5.11 Å². The van der Waals surface area contributed by atoms with E-state index < -0.39 is 0 Å². The number of guanidine groups is 1. The smallest absolute Gasteiger partial charge is 0.196 e. The van der Waals surface area contributed by atoms with Gasteiger partial charge in [-0.3, -0.25) is 4.99 Å². The van der Waals surface area contributed by atoms with Gasteiger partial charge in [0.15, 0.2) is 5.96 Å². The first-order valence-corrected chi connectivity index (χ1v) is 6.86. The highest BCUT2D eigenvalue weighted by Gasteiger charge is 2.31. The maximum Gasteiger partial charge on any atom is 0.196 e. The Labute approximate surface area is 122 Å². The molecule has 1 aliphatic heterocycles. The molecule has 1 aliphatic rings. The Hall–Kier alpha value is -2.41. The van der Waals surface area contributed by atoms with Crippen molar-refractivity contribution in [2.24, 2.45) is 10.7 Å². The number of aliphatic imine (C=N–C) groups is 1. The van der Waals surface area contributed by atoms with Crippen molar-refractivity contribution in [3.05, 3.63) is 41.7 Å². The monoisotopic (exact) mass is 286 g/mol. The van der Waals surface area contributed by atoms with Crippen LogP contribution in [-0.2, 0) is 6.54 Å². The second-order valence-corrected chi connectivity index (χ2v) is 5.05. The van der Waals surface area contributed by atoms with Gasteiger partial charge in [0.05, 0.1) is 25.9 Å². The summed E-state index contributed by atoms with van der Waals surface area (Å²) in [4.78, 5) is 6.30. The lowest BCUT2D eigenvalue weighted by atomic mass is 10.1. The minimum absolute atomic E-state index is 0.0354. The molecule has 21 heavy (non-hydrogen) atoms. The Bertz CT molecular complexity index is 665. The average Bonchev–Trinajstić information content (AvgIpc) is 3.06. The minimum Gasteiger partial charge on any atom is -0.394 e. The summed E-state index contributed by atoms with van der Waals surface area (Å²) in [6.07, 6.45) is 1.83. The van der Waals surface area contributed by atoms with Gasteiger partial charge < -0.3 is 15.7 Å². The van der Waals surface area contributed by atoms with E-state index in [0.717, 1.165) is 16.9 Å². The van der Waals surface area contributed by atoms with Crippen molar-refractivity contribution in [3.63, 3.8) is 0 Å². The lowest BCUT2D eigenvalue weighted by Gasteiger charge is -2.25. The summed E-state index contributed by atoms with van der Waals surface area (Å²) in [5, 5.41) is 17.1. The number of aromatic nitrogens is 3. The van der Waals surface area contributed by atoms with Crippen LogP contribution in [0.2, 0.25) is 0 Å². The third-order valence-electron chi connectivity index (χ3n) is 3.49. The maximum atomic E-state index is 8.96. The van der Waals surface area contributed by atoms with Crippen LogP contribution >= 0.6 is 0 Å². The molecular formula is C14H18N6O. The van der Waals surface area contributed by atoms with Gasteiger partial charge in [-0.15, -0.1) is 5.10 Å². The summed E-state index contributed by atoms with van der Waals surface area (Å²) in [5.41, 5.74) is 8.99. The molecule has 1 unspecified atom stereocenters. The number of nitrogens with zero attached hydrogens (tertiary/aromatic N) is 5. The number of rotatable bonds is 4. The summed E-state index contributed by atoms with van der Waals surface area (Å²) >= 11 is 0. The second-order valence-electron chi connectivity index (χ2n) is 5.05. The van der Waals surface area contributed by atoms with Gasteiger partial charge in [-0.2, -0.15) is 0 Å². The molecule has 2 aromatic rings. The molecule has 0 radical (unpaired) electrons. The largest absolute Gasteiger partial charge is 0.394 e. The van der Waals surface area contributed by atoms with Crippen LogP contribution in [0.4, 0.5) is 5.69 Å². The van der Waals surface area contributed by atoms with Crippen molar-refractivity contribution in [3.8, 4) is 0 Å². The first kappa shape index (κ1) is 13.6. The highest BCUT2D eigenvalue weighted by atomic mass is 16.3. The number of hydrogen-bond acceptors (Lipinski definition) is 6. The molecule has 0 saturated carbocycles. The zero-order chi connectivity index (χ0) is 14.8. The lowest BCUT2D eigenvalue weighted by Crippen LogP contribution is -2.36. The van der Waals surface area contributed by atoms with Crippen LogP contribution in [0, 0.1) is 6.92 Å². The number of aliphatic hydroxyl groups excluding tert-OH is 1. The Balaban J connectivity index is 1.91. The molecule has 0 amide bonds. The number of aliphatic hydroxyl groups is 1.